The lowest BCUT2D eigenvalue weighted by Gasteiger charge is -2.45. The van der Waals surface area contributed by atoms with E-state index in [1.807, 2.05) is 19.2 Å². The predicted octanol–water partition coefficient (Wildman–Crippen LogP) is 5.84. The number of nitrogens with zero attached hydrogens (tertiary/aromatic N) is 2. The number of halogens is 4. The van der Waals surface area contributed by atoms with Crippen LogP contribution in [0.25, 0.3) is 0 Å². The Morgan fingerprint density at radius 1 is 1.30 bits per heavy atom. The van der Waals surface area contributed by atoms with Gasteiger partial charge in [-0.2, -0.15) is 18.3 Å². The maximum atomic E-state index is 12.8. The molecule has 8 heteroatoms. The maximum absolute atomic E-state index is 12.8. The average Bonchev–Trinajstić information content (AvgIpc) is 2.66. The average molecular weight is 438 g/mol. The van der Waals surface area contributed by atoms with Gasteiger partial charge in [-0.3, -0.25) is 4.79 Å². The summed E-state index contributed by atoms with van der Waals surface area (Å²) in [5.74, 6) is -0.420. The molecule has 0 spiro atoms. The van der Waals surface area contributed by atoms with E-state index in [2.05, 4.69) is 36.2 Å². The molecule has 0 unspecified atom stereocenters. The van der Waals surface area contributed by atoms with Gasteiger partial charge >= 0.3 is 6.18 Å². The molecule has 0 aromatic heterocycles. The molecule has 1 amide bonds. The summed E-state index contributed by atoms with van der Waals surface area (Å²) >= 11 is 6.41. The number of hydrogen-bond acceptors (Lipinski definition) is 3. The molecule has 0 radical (unpaired) electrons. The highest BCUT2D eigenvalue weighted by molar-refractivity contribution is 6.33. The van der Waals surface area contributed by atoms with Crippen LogP contribution in [0.15, 0.2) is 41.5 Å². The lowest BCUT2D eigenvalue weighted by molar-refractivity contribution is -0.137. The first kappa shape index (κ1) is 22.2. The Morgan fingerprint density at radius 2 is 2.00 bits per heavy atom. The summed E-state index contributed by atoms with van der Waals surface area (Å²) in [4.78, 5) is 14.4. The summed E-state index contributed by atoms with van der Waals surface area (Å²) in [7, 11) is 2.03. The molecule has 2 aromatic carbocycles. The van der Waals surface area contributed by atoms with Gasteiger partial charge in [-0.05, 0) is 62.1 Å². The molecule has 160 valence electrons. The molecular formula is C22H23ClF3N3O. The van der Waals surface area contributed by atoms with Gasteiger partial charge in [0.2, 0.25) is 0 Å². The van der Waals surface area contributed by atoms with E-state index in [1.165, 1.54) is 18.3 Å². The summed E-state index contributed by atoms with van der Waals surface area (Å²) < 4.78 is 38.4. The fourth-order valence-corrected chi connectivity index (χ4v) is 3.97. The number of alkyl halides is 3. The third-order valence-corrected chi connectivity index (χ3v) is 5.90. The third-order valence-electron chi connectivity index (χ3n) is 5.57. The molecule has 4 nitrogen and oxygen atoms in total. The highest BCUT2D eigenvalue weighted by atomic mass is 35.5. The van der Waals surface area contributed by atoms with E-state index >= 15 is 0 Å². The Labute approximate surface area is 178 Å². The lowest BCUT2D eigenvalue weighted by Crippen LogP contribution is -2.45. The van der Waals surface area contributed by atoms with Crippen LogP contribution in [-0.2, 0) is 6.18 Å². The highest BCUT2D eigenvalue weighted by Crippen LogP contribution is 2.44. The molecule has 1 aliphatic rings. The monoisotopic (exact) mass is 437 g/mol. The number of nitrogens with one attached hydrogen (secondary N) is 1. The van der Waals surface area contributed by atoms with Crippen molar-refractivity contribution in [2.75, 3.05) is 11.9 Å². The number of amides is 1. The topological polar surface area (TPSA) is 44.7 Å². The minimum absolute atomic E-state index is 0.00424. The van der Waals surface area contributed by atoms with Gasteiger partial charge in [-0.25, -0.2) is 5.43 Å². The zero-order chi connectivity index (χ0) is 22.3. The Kier molecular flexibility index (Phi) is 5.87. The normalized spacial score (nSPS) is 18.4. The van der Waals surface area contributed by atoms with Gasteiger partial charge in [0.05, 0.1) is 16.8 Å². The van der Waals surface area contributed by atoms with Crippen molar-refractivity contribution in [2.24, 2.45) is 5.10 Å². The van der Waals surface area contributed by atoms with Crippen molar-refractivity contribution in [1.29, 1.82) is 0 Å². The van der Waals surface area contributed by atoms with Gasteiger partial charge in [0.25, 0.3) is 5.91 Å². The summed E-state index contributed by atoms with van der Waals surface area (Å²) in [6, 6.07) is 7.99. The molecule has 0 saturated heterocycles. The Bertz CT molecular complexity index is 1000. The van der Waals surface area contributed by atoms with Crippen LogP contribution in [0, 0.1) is 0 Å². The minimum Gasteiger partial charge on any atom is -0.369 e. The minimum atomic E-state index is -4.52. The Morgan fingerprint density at radius 3 is 2.67 bits per heavy atom. The van der Waals surface area contributed by atoms with E-state index < -0.39 is 17.6 Å². The van der Waals surface area contributed by atoms with Crippen LogP contribution >= 0.6 is 11.6 Å². The Balaban J connectivity index is 1.79. The van der Waals surface area contributed by atoms with E-state index in [0.717, 1.165) is 29.8 Å². The summed E-state index contributed by atoms with van der Waals surface area (Å²) in [6.45, 7) is 6.51. The van der Waals surface area contributed by atoms with Gasteiger partial charge in [-0.1, -0.05) is 24.6 Å². The van der Waals surface area contributed by atoms with Crippen LogP contribution in [0.1, 0.15) is 60.2 Å². The first-order chi connectivity index (χ1) is 13.9. The molecule has 30 heavy (non-hydrogen) atoms. The van der Waals surface area contributed by atoms with Crippen LogP contribution in [0.3, 0.4) is 0 Å². The van der Waals surface area contributed by atoms with Crippen LogP contribution < -0.4 is 10.3 Å². The van der Waals surface area contributed by atoms with E-state index in [4.69, 9.17) is 11.6 Å². The van der Waals surface area contributed by atoms with Gasteiger partial charge in [0.1, 0.15) is 0 Å². The predicted molar refractivity (Wildman–Crippen MR) is 113 cm³/mol. The first-order valence-electron chi connectivity index (χ1n) is 9.48. The second-order valence-corrected chi connectivity index (χ2v) is 8.59. The summed E-state index contributed by atoms with van der Waals surface area (Å²) in [5, 5.41) is 4.36. The molecule has 1 aliphatic heterocycles. The lowest BCUT2D eigenvalue weighted by atomic mass is 9.80. The molecule has 3 rings (SSSR count). The van der Waals surface area contributed by atoms with Crippen molar-refractivity contribution in [1.82, 2.24) is 5.43 Å². The van der Waals surface area contributed by atoms with Gasteiger partial charge in [-0.15, -0.1) is 0 Å². The second kappa shape index (κ2) is 7.95. The van der Waals surface area contributed by atoms with Gasteiger partial charge in [0, 0.05) is 29.4 Å². The quantitative estimate of drug-likeness (QED) is 0.484. The van der Waals surface area contributed by atoms with E-state index in [1.54, 1.807) is 0 Å². The number of hydrazone groups is 1. The van der Waals surface area contributed by atoms with Gasteiger partial charge < -0.3 is 4.90 Å². The molecular weight excluding hydrogens is 415 g/mol. The van der Waals surface area contributed by atoms with E-state index in [9.17, 15) is 18.0 Å². The van der Waals surface area contributed by atoms with Crippen molar-refractivity contribution < 1.29 is 18.0 Å². The molecule has 1 heterocycles. The van der Waals surface area contributed by atoms with Crippen LogP contribution in [0.4, 0.5) is 18.9 Å². The van der Waals surface area contributed by atoms with Crippen LogP contribution in [-0.4, -0.2) is 24.7 Å². The smallest absolute Gasteiger partial charge is 0.369 e. The summed E-state index contributed by atoms with van der Waals surface area (Å²) in [6.07, 6.45) is -2.14. The van der Waals surface area contributed by atoms with Crippen molar-refractivity contribution >= 4 is 29.4 Å². The van der Waals surface area contributed by atoms with Crippen molar-refractivity contribution in [3.05, 3.63) is 63.7 Å². The molecule has 1 atom stereocenters. The SMILES string of the molecule is C[C@@H]1CC(C)(C)N(C)c2cc(Cl)c(/C=N\NC(=O)c3cccc(C(F)(F)F)c3)cc21. The summed E-state index contributed by atoms with van der Waals surface area (Å²) in [5.41, 5.74) is 4.05. The standard InChI is InChI=1S/C22H23ClF3N3O/c1-13-11-21(2,3)29(4)19-10-18(23)15(9-17(13)19)12-27-28-20(30)14-6-5-7-16(8-14)22(24,25)26/h5-10,12-13H,11H2,1-4H3,(H,28,30)/b27-12-/t13-/m1/s1. The van der Waals surface area contributed by atoms with Crippen LogP contribution in [0.2, 0.25) is 5.02 Å². The Hall–Kier alpha value is -2.54. The van der Waals surface area contributed by atoms with Crippen LogP contribution in [0.5, 0.6) is 0 Å². The number of fused-ring (bicyclic) bond motifs is 1. The number of carbonyl (C=O) groups excluding carboxylic acids is 1. The fraction of sp³-hybridized carbons (Fsp3) is 0.364. The first-order valence-corrected chi connectivity index (χ1v) is 9.86. The molecule has 0 saturated carbocycles. The zero-order valence-corrected chi connectivity index (χ0v) is 17.9. The fourth-order valence-electron chi connectivity index (χ4n) is 3.77. The largest absolute Gasteiger partial charge is 0.416 e. The molecule has 1 N–H and O–H groups in total. The van der Waals surface area contributed by atoms with Crippen molar-refractivity contribution in [2.45, 2.75) is 44.8 Å². The number of carbonyl (C=O) groups is 1. The highest BCUT2D eigenvalue weighted by Gasteiger charge is 2.34. The number of hydrogen-bond donors (Lipinski definition) is 1. The number of rotatable bonds is 3. The maximum Gasteiger partial charge on any atom is 0.416 e. The molecule has 2 aromatic rings. The van der Waals surface area contributed by atoms with E-state index in [-0.39, 0.29) is 11.1 Å². The van der Waals surface area contributed by atoms with Gasteiger partial charge in [0.15, 0.2) is 0 Å². The van der Waals surface area contributed by atoms with Crippen molar-refractivity contribution in [3.8, 4) is 0 Å². The molecule has 0 aliphatic carbocycles. The number of benzene rings is 2. The van der Waals surface area contributed by atoms with E-state index in [0.29, 0.717) is 16.5 Å². The molecule has 0 fully saturated rings. The third kappa shape index (κ3) is 4.46. The molecule has 0 bridgehead atoms. The van der Waals surface area contributed by atoms with Crippen molar-refractivity contribution in [3.63, 3.8) is 0 Å². The zero-order valence-electron chi connectivity index (χ0n) is 17.1. The second-order valence-electron chi connectivity index (χ2n) is 8.19. The number of anilines is 1.